The summed E-state index contributed by atoms with van der Waals surface area (Å²) in [7, 11) is 0. The minimum atomic E-state index is -0.764. The fourth-order valence-corrected chi connectivity index (χ4v) is 1.85. The number of aliphatic hydroxyl groups excluding tert-OH is 1. The molecule has 2 rings (SSSR count). The topological polar surface area (TPSA) is 69.6 Å². The minimum absolute atomic E-state index is 0.0588. The number of benzene rings is 1. The Balaban J connectivity index is 2.28. The van der Waals surface area contributed by atoms with E-state index in [4.69, 9.17) is 0 Å². The van der Waals surface area contributed by atoms with Crippen LogP contribution in [0.3, 0.4) is 0 Å². The normalized spacial score (nSPS) is 17.6. The summed E-state index contributed by atoms with van der Waals surface area (Å²) < 4.78 is 13.9. The number of halogens is 1. The monoisotopic (exact) mass is 252 g/mol. The smallest absolute Gasteiger partial charge is 0.246 e. The zero-order valence-corrected chi connectivity index (χ0v) is 9.81. The SMILES string of the molecule is CC(O)c1ccc(N2CC(=O)NC(=O)C2)c(F)c1. The van der Waals surface area contributed by atoms with E-state index in [0.717, 1.165) is 0 Å². The van der Waals surface area contributed by atoms with Gasteiger partial charge >= 0.3 is 0 Å². The van der Waals surface area contributed by atoms with Crippen LogP contribution in [-0.4, -0.2) is 30.0 Å². The number of hydrogen-bond acceptors (Lipinski definition) is 4. The average molecular weight is 252 g/mol. The maximum Gasteiger partial charge on any atom is 0.246 e. The number of amides is 2. The molecule has 18 heavy (non-hydrogen) atoms. The van der Waals surface area contributed by atoms with Crippen molar-refractivity contribution in [3.05, 3.63) is 29.6 Å². The summed E-state index contributed by atoms with van der Waals surface area (Å²) in [6, 6.07) is 4.24. The van der Waals surface area contributed by atoms with Gasteiger partial charge in [-0.15, -0.1) is 0 Å². The molecule has 0 aromatic heterocycles. The van der Waals surface area contributed by atoms with Gasteiger partial charge in [0.25, 0.3) is 0 Å². The molecule has 1 heterocycles. The van der Waals surface area contributed by atoms with E-state index in [-0.39, 0.29) is 18.8 Å². The number of aliphatic hydroxyl groups is 1. The first-order valence-electron chi connectivity index (χ1n) is 5.52. The van der Waals surface area contributed by atoms with Gasteiger partial charge in [-0.2, -0.15) is 0 Å². The summed E-state index contributed by atoms with van der Waals surface area (Å²) in [6.45, 7) is 1.42. The van der Waals surface area contributed by atoms with Crippen LogP contribution in [-0.2, 0) is 9.59 Å². The van der Waals surface area contributed by atoms with Crippen LogP contribution in [0.5, 0.6) is 0 Å². The third-order valence-corrected chi connectivity index (χ3v) is 2.74. The summed E-state index contributed by atoms with van der Waals surface area (Å²) in [5.74, 6) is -1.47. The summed E-state index contributed by atoms with van der Waals surface area (Å²) in [6.07, 6.45) is -0.764. The molecule has 0 radical (unpaired) electrons. The molecule has 1 unspecified atom stereocenters. The fourth-order valence-electron chi connectivity index (χ4n) is 1.85. The summed E-state index contributed by atoms with van der Waals surface area (Å²) >= 11 is 0. The van der Waals surface area contributed by atoms with Crippen LogP contribution in [0.1, 0.15) is 18.6 Å². The van der Waals surface area contributed by atoms with E-state index in [1.165, 1.54) is 24.0 Å². The lowest BCUT2D eigenvalue weighted by molar-refractivity contribution is -0.130. The van der Waals surface area contributed by atoms with Crippen molar-refractivity contribution in [3.8, 4) is 0 Å². The number of rotatable bonds is 2. The van der Waals surface area contributed by atoms with Gasteiger partial charge in [0.1, 0.15) is 5.82 Å². The van der Waals surface area contributed by atoms with E-state index >= 15 is 0 Å². The molecule has 0 bridgehead atoms. The van der Waals surface area contributed by atoms with Gasteiger partial charge in [0.15, 0.2) is 0 Å². The van der Waals surface area contributed by atoms with Crippen molar-refractivity contribution in [3.63, 3.8) is 0 Å². The molecule has 2 N–H and O–H groups in total. The zero-order chi connectivity index (χ0) is 13.3. The van der Waals surface area contributed by atoms with Crippen molar-refractivity contribution in [2.45, 2.75) is 13.0 Å². The van der Waals surface area contributed by atoms with E-state index in [1.54, 1.807) is 6.07 Å². The zero-order valence-electron chi connectivity index (χ0n) is 9.81. The molecule has 96 valence electrons. The van der Waals surface area contributed by atoms with E-state index in [9.17, 15) is 19.1 Å². The van der Waals surface area contributed by atoms with Crippen molar-refractivity contribution < 1.29 is 19.1 Å². The first-order chi connectivity index (χ1) is 8.47. The molecule has 1 fully saturated rings. The third kappa shape index (κ3) is 2.48. The number of piperazine rings is 1. The largest absolute Gasteiger partial charge is 0.389 e. The van der Waals surface area contributed by atoms with Crippen LogP contribution in [0.4, 0.5) is 10.1 Å². The highest BCUT2D eigenvalue weighted by molar-refractivity contribution is 6.02. The molecule has 1 atom stereocenters. The van der Waals surface area contributed by atoms with Crippen molar-refractivity contribution >= 4 is 17.5 Å². The fraction of sp³-hybridized carbons (Fsp3) is 0.333. The quantitative estimate of drug-likeness (QED) is 0.745. The van der Waals surface area contributed by atoms with Crippen LogP contribution in [0.15, 0.2) is 18.2 Å². The molecule has 5 nitrogen and oxygen atoms in total. The summed E-state index contributed by atoms with van der Waals surface area (Å²) in [5, 5.41) is 11.5. The van der Waals surface area contributed by atoms with E-state index in [2.05, 4.69) is 5.32 Å². The lowest BCUT2D eigenvalue weighted by Gasteiger charge is -2.27. The van der Waals surface area contributed by atoms with Crippen LogP contribution in [0, 0.1) is 5.82 Å². The van der Waals surface area contributed by atoms with Gasteiger partial charge in [-0.05, 0) is 24.6 Å². The number of nitrogens with zero attached hydrogens (tertiary/aromatic N) is 1. The van der Waals surface area contributed by atoms with E-state index in [0.29, 0.717) is 5.56 Å². The Kier molecular flexibility index (Phi) is 3.29. The van der Waals surface area contributed by atoms with Crippen LogP contribution in [0.25, 0.3) is 0 Å². The molecule has 1 aliphatic rings. The molecule has 1 saturated heterocycles. The third-order valence-electron chi connectivity index (χ3n) is 2.74. The maximum atomic E-state index is 13.9. The van der Waals surface area contributed by atoms with Crippen molar-refractivity contribution in [2.24, 2.45) is 0 Å². The van der Waals surface area contributed by atoms with Crippen molar-refractivity contribution in [2.75, 3.05) is 18.0 Å². The van der Waals surface area contributed by atoms with Gasteiger partial charge < -0.3 is 10.0 Å². The van der Waals surface area contributed by atoms with Gasteiger partial charge in [-0.1, -0.05) is 6.07 Å². The molecule has 0 aliphatic carbocycles. The average Bonchev–Trinajstić information content (AvgIpc) is 2.27. The Morgan fingerprint density at radius 3 is 2.44 bits per heavy atom. The van der Waals surface area contributed by atoms with Crippen LogP contribution >= 0.6 is 0 Å². The molecular formula is C12H13FN2O3. The second-order valence-corrected chi connectivity index (χ2v) is 4.21. The van der Waals surface area contributed by atoms with Gasteiger partial charge in [0, 0.05) is 0 Å². The molecule has 0 spiro atoms. The molecule has 1 aliphatic heterocycles. The van der Waals surface area contributed by atoms with Crippen molar-refractivity contribution in [1.82, 2.24) is 5.32 Å². The minimum Gasteiger partial charge on any atom is -0.389 e. The Morgan fingerprint density at radius 2 is 1.94 bits per heavy atom. The summed E-state index contributed by atoms with van der Waals surface area (Å²) in [4.78, 5) is 23.8. The first-order valence-corrected chi connectivity index (χ1v) is 5.52. The molecule has 1 aromatic rings. The molecule has 1 aromatic carbocycles. The Labute approximate surface area is 103 Å². The number of imide groups is 1. The Bertz CT molecular complexity index is 486. The molecule has 2 amide bonds. The number of hydrogen-bond donors (Lipinski definition) is 2. The number of carbonyl (C=O) groups excluding carboxylic acids is 2. The Morgan fingerprint density at radius 1 is 1.33 bits per heavy atom. The van der Waals surface area contributed by atoms with Crippen molar-refractivity contribution in [1.29, 1.82) is 0 Å². The highest BCUT2D eigenvalue weighted by atomic mass is 19.1. The number of nitrogens with one attached hydrogen (secondary N) is 1. The highest BCUT2D eigenvalue weighted by Crippen LogP contribution is 2.23. The van der Waals surface area contributed by atoms with Gasteiger partial charge in [0.05, 0.1) is 24.9 Å². The lowest BCUT2D eigenvalue weighted by atomic mass is 10.1. The lowest BCUT2D eigenvalue weighted by Crippen LogP contribution is -2.51. The standard InChI is InChI=1S/C12H13FN2O3/c1-7(16)8-2-3-10(9(13)4-8)15-5-11(17)14-12(18)6-15/h2-4,7,16H,5-6H2,1H3,(H,14,17,18). The number of anilines is 1. The molecule has 0 saturated carbocycles. The summed E-state index contributed by atoms with van der Waals surface area (Å²) in [5.41, 5.74) is 0.631. The molecular weight excluding hydrogens is 239 g/mol. The van der Waals surface area contributed by atoms with E-state index in [1.807, 2.05) is 0 Å². The van der Waals surface area contributed by atoms with Crippen LogP contribution in [0.2, 0.25) is 0 Å². The predicted octanol–water partition coefficient (Wildman–Crippen LogP) is 0.342. The second kappa shape index (κ2) is 4.73. The molecule has 6 heteroatoms. The predicted molar refractivity (Wildman–Crippen MR) is 62.4 cm³/mol. The van der Waals surface area contributed by atoms with Gasteiger partial charge in [-0.3, -0.25) is 14.9 Å². The van der Waals surface area contributed by atoms with E-state index < -0.39 is 23.7 Å². The second-order valence-electron chi connectivity index (χ2n) is 4.21. The number of carbonyl (C=O) groups is 2. The first kappa shape index (κ1) is 12.5. The van der Waals surface area contributed by atoms with Gasteiger partial charge in [-0.25, -0.2) is 4.39 Å². The maximum absolute atomic E-state index is 13.9. The Hall–Kier alpha value is -1.95. The van der Waals surface area contributed by atoms with Gasteiger partial charge in [0.2, 0.25) is 11.8 Å². The highest BCUT2D eigenvalue weighted by Gasteiger charge is 2.24. The van der Waals surface area contributed by atoms with Crippen LogP contribution < -0.4 is 10.2 Å².